The van der Waals surface area contributed by atoms with Crippen molar-refractivity contribution < 1.29 is 8.42 Å². The van der Waals surface area contributed by atoms with E-state index in [1.165, 1.54) is 18.4 Å². The van der Waals surface area contributed by atoms with Crippen molar-refractivity contribution in [2.75, 3.05) is 19.8 Å². The zero-order valence-electron chi connectivity index (χ0n) is 15.6. The molecule has 2 heterocycles. The maximum absolute atomic E-state index is 12.6. The summed E-state index contributed by atoms with van der Waals surface area (Å²) in [6.07, 6.45) is 4.99. The summed E-state index contributed by atoms with van der Waals surface area (Å²) in [5, 5.41) is 0.474. The van der Waals surface area contributed by atoms with Crippen molar-refractivity contribution >= 4 is 32.6 Å². The number of fused-ring (bicyclic) bond motifs is 1. The molecule has 0 aliphatic heterocycles. The molecule has 0 saturated carbocycles. The summed E-state index contributed by atoms with van der Waals surface area (Å²) < 4.78 is 25.8. The van der Waals surface area contributed by atoms with Crippen LogP contribution in [0.1, 0.15) is 24.8 Å². The number of hydrogen-bond donors (Lipinski definition) is 3. The van der Waals surface area contributed by atoms with Crippen LogP contribution in [0.4, 0.5) is 5.95 Å². The first kappa shape index (κ1) is 18.5. The minimum absolute atomic E-state index is 0.0460. The van der Waals surface area contributed by atoms with E-state index in [1.807, 2.05) is 0 Å². The standard InChI is InChI=1S/C19H21N5O3S/c1-24(2)28(26,27)13-9-7-12(8-10-13)16-14(11-5-3-4-6-11)15-17(21-16)22-19(20)23-18(15)25/h5,7-10H,3-4,6H2,1-2H3,(H4,20,21,22,23,25). The molecule has 0 amide bonds. The lowest BCUT2D eigenvalue weighted by molar-refractivity contribution is 0.521. The van der Waals surface area contributed by atoms with E-state index in [2.05, 4.69) is 21.0 Å². The molecule has 1 aliphatic carbocycles. The summed E-state index contributed by atoms with van der Waals surface area (Å²) in [5.74, 6) is 0.0460. The first-order valence-electron chi connectivity index (χ1n) is 8.93. The fourth-order valence-electron chi connectivity index (χ4n) is 3.56. The second kappa shape index (κ2) is 6.61. The number of anilines is 1. The molecule has 1 aliphatic rings. The van der Waals surface area contributed by atoms with Crippen molar-refractivity contribution in [1.29, 1.82) is 0 Å². The zero-order chi connectivity index (χ0) is 20.1. The lowest BCUT2D eigenvalue weighted by Crippen LogP contribution is -2.22. The molecule has 4 rings (SSSR count). The largest absolute Gasteiger partial charge is 0.369 e. The van der Waals surface area contributed by atoms with E-state index in [9.17, 15) is 13.2 Å². The number of allylic oxidation sites excluding steroid dienone is 2. The highest BCUT2D eigenvalue weighted by atomic mass is 32.2. The number of aromatic amines is 2. The van der Waals surface area contributed by atoms with Gasteiger partial charge < -0.3 is 10.7 Å². The van der Waals surface area contributed by atoms with Gasteiger partial charge in [-0.2, -0.15) is 4.98 Å². The van der Waals surface area contributed by atoms with E-state index in [1.54, 1.807) is 24.3 Å². The van der Waals surface area contributed by atoms with Crippen LogP contribution in [0.3, 0.4) is 0 Å². The molecule has 0 unspecified atom stereocenters. The van der Waals surface area contributed by atoms with Gasteiger partial charge in [-0.15, -0.1) is 0 Å². The summed E-state index contributed by atoms with van der Waals surface area (Å²) in [6.45, 7) is 0. The number of nitrogen functional groups attached to an aromatic ring is 1. The minimum Gasteiger partial charge on any atom is -0.369 e. The molecule has 3 aromatic rings. The Morgan fingerprint density at radius 2 is 1.86 bits per heavy atom. The van der Waals surface area contributed by atoms with E-state index >= 15 is 0 Å². The van der Waals surface area contributed by atoms with Gasteiger partial charge in [0.2, 0.25) is 16.0 Å². The Morgan fingerprint density at radius 3 is 2.46 bits per heavy atom. The van der Waals surface area contributed by atoms with E-state index in [0.717, 1.165) is 41.7 Å². The number of nitrogens with one attached hydrogen (secondary N) is 2. The SMILES string of the molecule is CN(C)S(=O)(=O)c1ccc(-c2[nH]c3nc(N)[nH]c(=O)c3c2C2=CCCC2)cc1. The second-order valence-electron chi connectivity index (χ2n) is 6.98. The first-order chi connectivity index (χ1) is 13.3. The minimum atomic E-state index is -3.51. The van der Waals surface area contributed by atoms with Gasteiger partial charge in [0.1, 0.15) is 5.65 Å². The normalized spacial score (nSPS) is 14.8. The highest BCUT2D eigenvalue weighted by molar-refractivity contribution is 7.89. The van der Waals surface area contributed by atoms with Crippen molar-refractivity contribution in [1.82, 2.24) is 19.3 Å². The van der Waals surface area contributed by atoms with Gasteiger partial charge in [0.15, 0.2) is 0 Å². The Labute approximate surface area is 162 Å². The highest BCUT2D eigenvalue weighted by Crippen LogP contribution is 2.38. The number of hydrogen-bond acceptors (Lipinski definition) is 5. The van der Waals surface area contributed by atoms with Crippen LogP contribution in [0, 0.1) is 0 Å². The van der Waals surface area contributed by atoms with Crippen molar-refractivity contribution in [3.8, 4) is 11.3 Å². The first-order valence-corrected chi connectivity index (χ1v) is 10.4. The molecule has 0 bridgehead atoms. The number of rotatable bonds is 4. The second-order valence-corrected chi connectivity index (χ2v) is 9.14. The van der Waals surface area contributed by atoms with Crippen LogP contribution in [-0.2, 0) is 10.0 Å². The number of sulfonamides is 1. The third kappa shape index (κ3) is 2.92. The molecule has 0 spiro atoms. The van der Waals surface area contributed by atoms with Crippen molar-refractivity contribution in [2.24, 2.45) is 0 Å². The van der Waals surface area contributed by atoms with E-state index in [-0.39, 0.29) is 16.4 Å². The van der Waals surface area contributed by atoms with Gasteiger partial charge in [0.25, 0.3) is 5.56 Å². The molecule has 9 heteroatoms. The third-order valence-corrected chi connectivity index (χ3v) is 6.79. The molecular formula is C19H21N5O3S. The van der Waals surface area contributed by atoms with Crippen LogP contribution in [0.25, 0.3) is 27.9 Å². The molecule has 1 aromatic carbocycles. The quantitative estimate of drug-likeness (QED) is 0.621. The zero-order valence-corrected chi connectivity index (χ0v) is 16.4. The summed E-state index contributed by atoms with van der Waals surface area (Å²) >= 11 is 0. The van der Waals surface area contributed by atoms with Crippen LogP contribution in [0.5, 0.6) is 0 Å². The van der Waals surface area contributed by atoms with Crippen LogP contribution in [0.2, 0.25) is 0 Å². The number of H-pyrrole nitrogens is 2. The maximum atomic E-state index is 12.6. The molecule has 146 valence electrons. The average molecular weight is 399 g/mol. The highest BCUT2D eigenvalue weighted by Gasteiger charge is 2.23. The summed E-state index contributed by atoms with van der Waals surface area (Å²) in [6, 6.07) is 6.60. The van der Waals surface area contributed by atoms with Gasteiger partial charge in [-0.3, -0.25) is 9.78 Å². The molecule has 28 heavy (non-hydrogen) atoms. The molecular weight excluding hydrogens is 378 g/mol. The Balaban J connectivity index is 1.93. The van der Waals surface area contributed by atoms with Crippen LogP contribution < -0.4 is 11.3 Å². The fraction of sp³-hybridized carbons (Fsp3) is 0.263. The fourth-order valence-corrected chi connectivity index (χ4v) is 4.46. The summed E-state index contributed by atoms with van der Waals surface area (Å²) in [7, 11) is -0.523. The van der Waals surface area contributed by atoms with Gasteiger partial charge in [-0.25, -0.2) is 12.7 Å². The van der Waals surface area contributed by atoms with Crippen molar-refractivity contribution in [3.05, 3.63) is 46.3 Å². The molecule has 0 radical (unpaired) electrons. The topological polar surface area (TPSA) is 125 Å². The number of benzene rings is 1. The predicted octanol–water partition coefficient (Wildman–Crippen LogP) is 2.32. The van der Waals surface area contributed by atoms with Gasteiger partial charge in [0, 0.05) is 19.7 Å². The van der Waals surface area contributed by atoms with E-state index < -0.39 is 10.0 Å². The predicted molar refractivity (Wildman–Crippen MR) is 109 cm³/mol. The van der Waals surface area contributed by atoms with Crippen LogP contribution in [0.15, 0.2) is 40.0 Å². The molecule has 4 N–H and O–H groups in total. The van der Waals surface area contributed by atoms with Gasteiger partial charge in [-0.05, 0) is 42.5 Å². The van der Waals surface area contributed by atoms with Crippen molar-refractivity contribution in [3.63, 3.8) is 0 Å². The Bertz CT molecular complexity index is 1250. The van der Waals surface area contributed by atoms with E-state index in [4.69, 9.17) is 5.73 Å². The monoisotopic (exact) mass is 399 g/mol. The Hall–Kier alpha value is -2.91. The lowest BCUT2D eigenvalue weighted by Gasteiger charge is -2.12. The molecule has 0 saturated heterocycles. The number of nitrogens with two attached hydrogens (primary N) is 1. The van der Waals surface area contributed by atoms with Crippen LogP contribution in [-0.4, -0.2) is 41.8 Å². The third-order valence-electron chi connectivity index (χ3n) is 4.96. The average Bonchev–Trinajstić information content (AvgIpc) is 3.28. The number of nitrogens with zero attached hydrogens (tertiary/aromatic N) is 2. The molecule has 0 atom stereocenters. The van der Waals surface area contributed by atoms with Gasteiger partial charge >= 0.3 is 0 Å². The molecule has 2 aromatic heterocycles. The smallest absolute Gasteiger partial charge is 0.262 e. The van der Waals surface area contributed by atoms with Crippen molar-refractivity contribution in [2.45, 2.75) is 24.2 Å². The Kier molecular flexibility index (Phi) is 4.35. The van der Waals surface area contributed by atoms with E-state index in [0.29, 0.717) is 11.0 Å². The molecule has 0 fully saturated rings. The van der Waals surface area contributed by atoms with Crippen LogP contribution >= 0.6 is 0 Å². The lowest BCUT2D eigenvalue weighted by atomic mass is 9.99. The van der Waals surface area contributed by atoms with Gasteiger partial charge in [-0.1, -0.05) is 18.2 Å². The Morgan fingerprint density at radius 1 is 1.14 bits per heavy atom. The summed E-state index contributed by atoms with van der Waals surface area (Å²) in [4.78, 5) is 22.8. The van der Waals surface area contributed by atoms with Gasteiger partial charge in [0.05, 0.1) is 16.0 Å². The summed E-state index contributed by atoms with van der Waals surface area (Å²) in [5.41, 5.74) is 9.24. The molecule has 8 nitrogen and oxygen atoms in total. The number of aromatic nitrogens is 3. The maximum Gasteiger partial charge on any atom is 0.262 e.